The molecule has 1 heterocycles. The zero-order valence-electron chi connectivity index (χ0n) is 19.7. The molecule has 2 aromatic rings. The maximum atomic E-state index is 13.9. The van der Waals surface area contributed by atoms with Gasteiger partial charge in [0.2, 0.25) is 12.0 Å². The van der Waals surface area contributed by atoms with Crippen molar-refractivity contribution in [1.82, 2.24) is 9.80 Å². The summed E-state index contributed by atoms with van der Waals surface area (Å²) in [5.74, 6) is -1.29. The molecule has 2 amide bonds. The Morgan fingerprint density at radius 2 is 1.67 bits per heavy atom. The summed E-state index contributed by atoms with van der Waals surface area (Å²) in [7, 11) is 0. The van der Waals surface area contributed by atoms with E-state index < -0.39 is 17.7 Å². The Labute approximate surface area is 195 Å². The van der Waals surface area contributed by atoms with Crippen molar-refractivity contribution < 1.29 is 24.2 Å². The van der Waals surface area contributed by atoms with Gasteiger partial charge in [-0.15, -0.1) is 0 Å². The smallest absolute Gasteiger partial charge is 0.339 e. The fourth-order valence-corrected chi connectivity index (χ4v) is 4.56. The van der Waals surface area contributed by atoms with E-state index in [4.69, 9.17) is 4.74 Å². The number of hydrogen-bond donors (Lipinski definition) is 1. The highest BCUT2D eigenvalue weighted by atomic mass is 16.5. The number of rotatable bonds is 9. The third kappa shape index (κ3) is 4.32. The molecule has 1 saturated heterocycles. The predicted molar refractivity (Wildman–Crippen MR) is 125 cm³/mol. The van der Waals surface area contributed by atoms with E-state index in [2.05, 4.69) is 0 Å². The first-order valence-electron chi connectivity index (χ1n) is 11.5. The molecule has 1 aliphatic rings. The second kappa shape index (κ2) is 10.1. The van der Waals surface area contributed by atoms with E-state index in [1.165, 1.54) is 17.0 Å². The Morgan fingerprint density at radius 3 is 2.24 bits per heavy atom. The normalized spacial score (nSPS) is 17.8. The fourth-order valence-electron chi connectivity index (χ4n) is 4.56. The van der Waals surface area contributed by atoms with Crippen molar-refractivity contribution in [2.75, 3.05) is 6.54 Å². The van der Waals surface area contributed by atoms with Gasteiger partial charge in [0.05, 0.1) is 6.04 Å². The van der Waals surface area contributed by atoms with Crippen molar-refractivity contribution in [3.8, 4) is 5.75 Å². The van der Waals surface area contributed by atoms with Gasteiger partial charge in [0, 0.05) is 6.54 Å². The minimum atomic E-state index is -1.17. The quantitative estimate of drug-likeness (QED) is 0.570. The lowest BCUT2D eigenvalue weighted by atomic mass is 9.77. The van der Waals surface area contributed by atoms with E-state index >= 15 is 0 Å². The molecule has 0 radical (unpaired) electrons. The number of carboxylic acids is 1. The maximum absolute atomic E-state index is 13.9. The van der Waals surface area contributed by atoms with E-state index in [0.717, 1.165) is 12.0 Å². The first kappa shape index (κ1) is 24.3. The first-order valence-corrected chi connectivity index (χ1v) is 11.5. The fraction of sp³-hybridized carbons (Fsp3) is 0.423. The minimum Gasteiger partial charge on any atom is -0.478 e. The number of carbonyl (C=O) groups is 3. The molecule has 0 aliphatic carbocycles. The molecule has 1 unspecified atom stereocenters. The molecule has 33 heavy (non-hydrogen) atoms. The van der Waals surface area contributed by atoms with Crippen LogP contribution in [0.5, 0.6) is 5.75 Å². The number of amides is 2. The molecule has 2 aromatic carbocycles. The van der Waals surface area contributed by atoms with Gasteiger partial charge in [0.25, 0.3) is 0 Å². The average molecular weight is 453 g/mol. The van der Waals surface area contributed by atoms with E-state index in [-0.39, 0.29) is 29.2 Å². The Kier molecular flexibility index (Phi) is 7.41. The molecule has 3 rings (SSSR count). The Balaban J connectivity index is 1.98. The maximum Gasteiger partial charge on any atom is 0.339 e. The number of likely N-dealkylation sites (tertiary alicyclic amines) is 1. The molecule has 176 valence electrons. The van der Waals surface area contributed by atoms with Gasteiger partial charge < -0.3 is 14.7 Å². The zero-order chi connectivity index (χ0) is 24.2. The van der Waals surface area contributed by atoms with Crippen LogP contribution in [0.1, 0.15) is 68.9 Å². The van der Waals surface area contributed by atoms with Gasteiger partial charge in [0.15, 0.2) is 0 Å². The molecule has 2 atom stereocenters. The summed E-state index contributed by atoms with van der Waals surface area (Å²) in [4.78, 5) is 42.1. The topological polar surface area (TPSA) is 87.2 Å². The molecule has 1 N–H and O–H groups in total. The van der Waals surface area contributed by atoms with Gasteiger partial charge in [0.1, 0.15) is 16.9 Å². The van der Waals surface area contributed by atoms with Crippen molar-refractivity contribution in [3.63, 3.8) is 0 Å². The number of hydrogen-bond acceptors (Lipinski definition) is 4. The highest BCUT2D eigenvalue weighted by Crippen LogP contribution is 2.42. The lowest BCUT2D eigenvalue weighted by Gasteiger charge is -2.56. The van der Waals surface area contributed by atoms with Crippen molar-refractivity contribution in [1.29, 1.82) is 0 Å². The summed E-state index contributed by atoms with van der Waals surface area (Å²) in [6, 6.07) is 15.4. The molecule has 7 heteroatoms. The van der Waals surface area contributed by atoms with Crippen LogP contribution in [-0.2, 0) is 4.79 Å². The molecule has 7 nitrogen and oxygen atoms in total. The molecular formula is C26H32N2O5. The average Bonchev–Trinajstić information content (AvgIpc) is 2.84. The van der Waals surface area contributed by atoms with Crippen molar-refractivity contribution >= 4 is 17.8 Å². The summed E-state index contributed by atoms with van der Waals surface area (Å²) in [5, 5.41) is 9.51. The predicted octanol–water partition coefficient (Wildman–Crippen LogP) is 5.13. The second-order valence-electron chi connectivity index (χ2n) is 8.31. The second-order valence-corrected chi connectivity index (χ2v) is 8.31. The summed E-state index contributed by atoms with van der Waals surface area (Å²) in [5.41, 5.74) is -0.0211. The van der Waals surface area contributed by atoms with Crippen molar-refractivity contribution in [3.05, 3.63) is 65.7 Å². The molecule has 0 aromatic heterocycles. The highest BCUT2D eigenvalue weighted by molar-refractivity contribution is 6.04. The van der Waals surface area contributed by atoms with Gasteiger partial charge >= 0.3 is 12.0 Å². The summed E-state index contributed by atoms with van der Waals surface area (Å²) in [6.45, 7) is 8.26. The number of Topliss-reactive ketones (excluding diaryl/α,β-unsaturated/α-hetero) is 1. The van der Waals surface area contributed by atoms with E-state index in [0.29, 0.717) is 19.4 Å². The lowest BCUT2D eigenvalue weighted by Crippen LogP contribution is -2.78. The standard InChI is InChI=1S/C26H32N2O5/c1-5-17-27(18(4)19-13-9-8-10-14-19)25(32)28-23(22(29)26(28,6-2)7-3)33-21-16-12-11-15-20(21)24(30)31/h8-16,18,23H,5-7,17H2,1-4H3,(H,30,31)/t18-,23?/m1/s1. The van der Waals surface area contributed by atoms with E-state index in [9.17, 15) is 19.5 Å². The van der Waals surface area contributed by atoms with Crippen LogP contribution in [0.4, 0.5) is 4.79 Å². The van der Waals surface area contributed by atoms with Crippen molar-refractivity contribution in [2.45, 2.75) is 64.8 Å². The van der Waals surface area contributed by atoms with E-state index in [1.807, 2.05) is 58.0 Å². The number of ether oxygens (including phenoxy) is 1. The molecular weight excluding hydrogens is 420 g/mol. The summed E-state index contributed by atoms with van der Waals surface area (Å²) in [6.07, 6.45) is 0.492. The van der Waals surface area contributed by atoms with Crippen LogP contribution in [0, 0.1) is 0 Å². The van der Waals surface area contributed by atoms with Gasteiger partial charge in [-0.3, -0.25) is 9.69 Å². The van der Waals surface area contributed by atoms with Gasteiger partial charge in [-0.05, 0) is 43.9 Å². The number of carbonyl (C=O) groups excluding carboxylic acids is 2. The van der Waals surface area contributed by atoms with Crippen LogP contribution in [0.25, 0.3) is 0 Å². The molecule has 0 saturated carbocycles. The third-order valence-electron chi connectivity index (χ3n) is 6.57. The van der Waals surface area contributed by atoms with Crippen LogP contribution >= 0.6 is 0 Å². The van der Waals surface area contributed by atoms with Crippen LogP contribution in [0.15, 0.2) is 54.6 Å². The van der Waals surface area contributed by atoms with Gasteiger partial charge in [-0.25, -0.2) is 9.59 Å². The molecule has 1 fully saturated rings. The number of para-hydroxylation sites is 1. The van der Waals surface area contributed by atoms with Gasteiger partial charge in [-0.2, -0.15) is 0 Å². The van der Waals surface area contributed by atoms with Crippen LogP contribution in [0.3, 0.4) is 0 Å². The molecule has 1 aliphatic heterocycles. The molecule has 0 spiro atoms. The van der Waals surface area contributed by atoms with Crippen LogP contribution in [0.2, 0.25) is 0 Å². The number of urea groups is 1. The summed E-state index contributed by atoms with van der Waals surface area (Å²) < 4.78 is 5.91. The third-order valence-corrected chi connectivity index (χ3v) is 6.57. The Morgan fingerprint density at radius 1 is 1.06 bits per heavy atom. The lowest BCUT2D eigenvalue weighted by molar-refractivity contribution is -0.176. The molecule has 0 bridgehead atoms. The monoisotopic (exact) mass is 452 g/mol. The van der Waals surface area contributed by atoms with Crippen LogP contribution in [-0.4, -0.2) is 51.0 Å². The number of carboxylic acid groups (broad SMARTS) is 1. The highest BCUT2D eigenvalue weighted by Gasteiger charge is 2.63. The summed E-state index contributed by atoms with van der Waals surface area (Å²) >= 11 is 0. The first-order chi connectivity index (χ1) is 15.8. The van der Waals surface area contributed by atoms with E-state index in [1.54, 1.807) is 17.0 Å². The number of nitrogens with zero attached hydrogens (tertiary/aromatic N) is 2. The number of benzene rings is 2. The van der Waals surface area contributed by atoms with Crippen molar-refractivity contribution in [2.24, 2.45) is 0 Å². The van der Waals surface area contributed by atoms with Gasteiger partial charge in [-0.1, -0.05) is 63.2 Å². The zero-order valence-corrected chi connectivity index (χ0v) is 19.7. The van der Waals surface area contributed by atoms with Crippen LogP contribution < -0.4 is 4.74 Å². The number of aromatic carboxylic acids is 1. The number of ketones is 1. The Hall–Kier alpha value is -3.35. The largest absolute Gasteiger partial charge is 0.478 e. The minimum absolute atomic E-state index is 0.0498. The Bertz CT molecular complexity index is 1000. The SMILES string of the molecule is CCCN(C(=O)N1C(Oc2ccccc2C(=O)O)C(=O)C1(CC)CC)[C@H](C)c1ccccc1.